The minimum Gasteiger partial charge on any atom is -0.352 e. The number of rotatable bonds is 5. The molecule has 0 radical (unpaired) electrons. The van der Waals surface area contributed by atoms with E-state index in [0.717, 1.165) is 16.8 Å². The number of carbonyl (C=O) groups is 1. The van der Waals surface area contributed by atoms with Gasteiger partial charge in [-0.15, -0.1) is 0 Å². The second-order valence-electron chi connectivity index (χ2n) is 3.98. The molecule has 0 bridgehead atoms. The lowest BCUT2D eigenvalue weighted by molar-refractivity contribution is -0.121. The third-order valence-corrected chi connectivity index (χ3v) is 3.01. The molecule has 3 heteroatoms. The molecule has 14 heavy (non-hydrogen) atoms. The van der Waals surface area contributed by atoms with Crippen molar-refractivity contribution < 1.29 is 4.79 Å². The van der Waals surface area contributed by atoms with Crippen LogP contribution in [0.15, 0.2) is 11.1 Å². The van der Waals surface area contributed by atoms with Crippen LogP contribution in [-0.2, 0) is 4.79 Å². The number of hydrogen-bond acceptors (Lipinski definition) is 1. The van der Waals surface area contributed by atoms with E-state index >= 15 is 0 Å². The first-order valence-electron chi connectivity index (χ1n) is 5.28. The average molecular weight is 260 g/mol. The fraction of sp³-hybridized carbons (Fsp3) is 0.727. The highest BCUT2D eigenvalue weighted by molar-refractivity contribution is 9.11. The molecule has 0 atom stereocenters. The Kier molecular flexibility index (Phi) is 5.23. The molecule has 0 aromatic heterocycles. The zero-order valence-corrected chi connectivity index (χ0v) is 10.1. The van der Waals surface area contributed by atoms with Crippen molar-refractivity contribution in [1.82, 2.24) is 5.32 Å². The highest BCUT2D eigenvalue weighted by atomic mass is 79.9. The molecule has 0 unspecified atom stereocenters. The van der Waals surface area contributed by atoms with E-state index in [0.29, 0.717) is 13.0 Å². The maximum absolute atomic E-state index is 11.3. The second-order valence-corrected chi connectivity index (χ2v) is 5.10. The molecule has 1 N–H and O–H groups in total. The standard InChI is InChI=1S/C11H18BrNO/c1-9(12)8-13-11(14)7-6-10-4-2-3-5-10/h10H,1-8H2,(H,13,14). The molecule has 1 aliphatic rings. The summed E-state index contributed by atoms with van der Waals surface area (Å²) in [7, 11) is 0. The summed E-state index contributed by atoms with van der Waals surface area (Å²) in [5, 5.41) is 2.82. The molecular weight excluding hydrogens is 242 g/mol. The number of carbonyl (C=O) groups excluding carboxylic acids is 1. The lowest BCUT2D eigenvalue weighted by Gasteiger charge is -2.08. The molecule has 1 amide bonds. The zero-order chi connectivity index (χ0) is 10.4. The van der Waals surface area contributed by atoms with Gasteiger partial charge in [-0.2, -0.15) is 0 Å². The molecule has 0 aromatic rings. The average Bonchev–Trinajstić information content (AvgIpc) is 2.63. The fourth-order valence-corrected chi connectivity index (χ4v) is 2.06. The summed E-state index contributed by atoms with van der Waals surface area (Å²) in [6.45, 7) is 4.21. The van der Waals surface area contributed by atoms with E-state index in [1.807, 2.05) is 0 Å². The minimum atomic E-state index is 0.150. The van der Waals surface area contributed by atoms with E-state index in [4.69, 9.17) is 0 Å². The van der Waals surface area contributed by atoms with Gasteiger partial charge in [0.25, 0.3) is 0 Å². The summed E-state index contributed by atoms with van der Waals surface area (Å²) < 4.78 is 0.826. The maximum atomic E-state index is 11.3. The predicted molar refractivity (Wildman–Crippen MR) is 62.3 cm³/mol. The van der Waals surface area contributed by atoms with Gasteiger partial charge in [0.15, 0.2) is 0 Å². The molecular formula is C11H18BrNO. The summed E-state index contributed by atoms with van der Waals surface area (Å²) >= 11 is 3.21. The van der Waals surface area contributed by atoms with Crippen LogP contribution in [0.4, 0.5) is 0 Å². The molecule has 0 spiro atoms. The van der Waals surface area contributed by atoms with Crippen molar-refractivity contribution in [3.63, 3.8) is 0 Å². The number of nitrogens with one attached hydrogen (secondary N) is 1. The second kappa shape index (κ2) is 6.23. The molecule has 0 aromatic carbocycles. The Bertz CT molecular complexity index is 209. The van der Waals surface area contributed by atoms with E-state index in [1.54, 1.807) is 0 Å². The predicted octanol–water partition coefficient (Wildman–Crippen LogP) is 2.98. The molecule has 0 heterocycles. The fourth-order valence-electron chi connectivity index (χ4n) is 1.92. The smallest absolute Gasteiger partial charge is 0.220 e. The number of halogens is 1. The van der Waals surface area contributed by atoms with Crippen molar-refractivity contribution in [2.24, 2.45) is 5.92 Å². The first kappa shape index (κ1) is 11.8. The summed E-state index contributed by atoms with van der Waals surface area (Å²) in [6.07, 6.45) is 7.07. The van der Waals surface area contributed by atoms with Gasteiger partial charge in [-0.05, 0) is 12.3 Å². The van der Waals surface area contributed by atoms with Crippen LogP contribution in [0.3, 0.4) is 0 Å². The van der Waals surface area contributed by atoms with E-state index in [1.165, 1.54) is 25.7 Å². The van der Waals surface area contributed by atoms with Crippen LogP contribution in [0.2, 0.25) is 0 Å². The van der Waals surface area contributed by atoms with Crippen LogP contribution >= 0.6 is 15.9 Å². The van der Waals surface area contributed by atoms with E-state index in [9.17, 15) is 4.79 Å². The summed E-state index contributed by atoms with van der Waals surface area (Å²) in [5.74, 6) is 0.949. The van der Waals surface area contributed by atoms with Crippen LogP contribution in [0.1, 0.15) is 38.5 Å². The van der Waals surface area contributed by atoms with Gasteiger partial charge >= 0.3 is 0 Å². The Morgan fingerprint density at radius 1 is 1.43 bits per heavy atom. The molecule has 2 nitrogen and oxygen atoms in total. The van der Waals surface area contributed by atoms with Crippen molar-refractivity contribution in [3.05, 3.63) is 11.1 Å². The van der Waals surface area contributed by atoms with Crippen molar-refractivity contribution in [2.45, 2.75) is 38.5 Å². The third kappa shape index (κ3) is 4.80. The van der Waals surface area contributed by atoms with Crippen LogP contribution in [0.5, 0.6) is 0 Å². The van der Waals surface area contributed by atoms with Gasteiger partial charge in [-0.25, -0.2) is 0 Å². The van der Waals surface area contributed by atoms with Crippen LogP contribution in [0.25, 0.3) is 0 Å². The van der Waals surface area contributed by atoms with Gasteiger partial charge in [0.05, 0.1) is 0 Å². The topological polar surface area (TPSA) is 29.1 Å². The molecule has 1 rings (SSSR count). The highest BCUT2D eigenvalue weighted by Gasteiger charge is 2.15. The first-order chi connectivity index (χ1) is 6.68. The van der Waals surface area contributed by atoms with Crippen molar-refractivity contribution in [2.75, 3.05) is 6.54 Å². The summed E-state index contributed by atoms with van der Waals surface area (Å²) in [5.41, 5.74) is 0. The monoisotopic (exact) mass is 259 g/mol. The van der Waals surface area contributed by atoms with Crippen LogP contribution in [-0.4, -0.2) is 12.5 Å². The first-order valence-corrected chi connectivity index (χ1v) is 6.08. The van der Waals surface area contributed by atoms with Crippen molar-refractivity contribution in [1.29, 1.82) is 0 Å². The molecule has 1 aliphatic carbocycles. The van der Waals surface area contributed by atoms with Crippen LogP contribution < -0.4 is 5.32 Å². The Morgan fingerprint density at radius 2 is 2.07 bits per heavy atom. The van der Waals surface area contributed by atoms with Gasteiger partial charge in [0.2, 0.25) is 5.91 Å². The van der Waals surface area contributed by atoms with E-state index in [2.05, 4.69) is 27.8 Å². The maximum Gasteiger partial charge on any atom is 0.220 e. The highest BCUT2D eigenvalue weighted by Crippen LogP contribution is 2.28. The number of amides is 1. The van der Waals surface area contributed by atoms with E-state index in [-0.39, 0.29) is 5.91 Å². The van der Waals surface area contributed by atoms with Gasteiger partial charge in [0.1, 0.15) is 0 Å². The Balaban J connectivity index is 2.05. The summed E-state index contributed by atoms with van der Waals surface area (Å²) in [6, 6.07) is 0. The molecule has 1 saturated carbocycles. The van der Waals surface area contributed by atoms with Gasteiger partial charge in [0, 0.05) is 17.4 Å². The third-order valence-electron chi connectivity index (χ3n) is 2.73. The number of hydrogen-bond donors (Lipinski definition) is 1. The lowest BCUT2D eigenvalue weighted by Crippen LogP contribution is -2.24. The van der Waals surface area contributed by atoms with Crippen molar-refractivity contribution >= 4 is 21.8 Å². The van der Waals surface area contributed by atoms with Crippen LogP contribution in [0, 0.1) is 5.92 Å². The Morgan fingerprint density at radius 3 is 2.64 bits per heavy atom. The lowest BCUT2D eigenvalue weighted by atomic mass is 10.0. The molecule has 1 fully saturated rings. The van der Waals surface area contributed by atoms with Gasteiger partial charge in [-0.1, -0.05) is 48.2 Å². The van der Waals surface area contributed by atoms with Gasteiger partial charge in [-0.3, -0.25) is 4.79 Å². The summed E-state index contributed by atoms with van der Waals surface area (Å²) in [4.78, 5) is 11.3. The minimum absolute atomic E-state index is 0.150. The largest absolute Gasteiger partial charge is 0.352 e. The normalized spacial score (nSPS) is 16.9. The van der Waals surface area contributed by atoms with E-state index < -0.39 is 0 Å². The van der Waals surface area contributed by atoms with Gasteiger partial charge < -0.3 is 5.32 Å². The molecule has 0 aliphatic heterocycles. The molecule has 80 valence electrons. The SMILES string of the molecule is C=C(Br)CNC(=O)CCC1CCCC1. The zero-order valence-electron chi connectivity index (χ0n) is 8.52. The Labute approximate surface area is 94.3 Å². The Hall–Kier alpha value is -0.310. The quantitative estimate of drug-likeness (QED) is 0.809. The van der Waals surface area contributed by atoms with Crippen molar-refractivity contribution in [3.8, 4) is 0 Å². The molecule has 0 saturated heterocycles.